The second-order valence-electron chi connectivity index (χ2n) is 4.81. The summed E-state index contributed by atoms with van der Waals surface area (Å²) in [5.74, 6) is 1.04. The second-order valence-corrected chi connectivity index (χ2v) is 4.81. The summed E-state index contributed by atoms with van der Waals surface area (Å²) >= 11 is 0. The fraction of sp³-hybridized carbons (Fsp3) is 0.200. The number of nitrogens with zero attached hydrogens (tertiary/aromatic N) is 6. The SMILES string of the molecule is O=C(COc1ncccn1)NCCNc1cc(-n2cccn2)ncn1. The molecule has 0 aliphatic carbocycles. The predicted molar refractivity (Wildman–Crippen MR) is 88.2 cm³/mol. The van der Waals surface area contributed by atoms with E-state index in [0.29, 0.717) is 24.7 Å². The number of anilines is 1. The Labute approximate surface area is 143 Å². The van der Waals surface area contributed by atoms with Crippen LogP contribution < -0.4 is 15.4 Å². The molecule has 0 saturated heterocycles. The molecule has 0 saturated carbocycles. The molecule has 3 heterocycles. The molecule has 3 aromatic rings. The van der Waals surface area contributed by atoms with Gasteiger partial charge in [-0.2, -0.15) is 5.10 Å². The summed E-state index contributed by atoms with van der Waals surface area (Å²) in [7, 11) is 0. The summed E-state index contributed by atoms with van der Waals surface area (Å²) < 4.78 is 6.79. The van der Waals surface area contributed by atoms with Gasteiger partial charge in [0.05, 0.1) is 0 Å². The van der Waals surface area contributed by atoms with Crippen molar-refractivity contribution in [3.8, 4) is 11.8 Å². The average Bonchev–Trinajstić information content (AvgIpc) is 3.19. The van der Waals surface area contributed by atoms with Gasteiger partial charge in [-0.05, 0) is 12.1 Å². The van der Waals surface area contributed by atoms with Gasteiger partial charge in [0.2, 0.25) is 0 Å². The van der Waals surface area contributed by atoms with Crippen molar-refractivity contribution >= 4 is 11.7 Å². The van der Waals surface area contributed by atoms with E-state index < -0.39 is 0 Å². The van der Waals surface area contributed by atoms with Crippen LogP contribution >= 0.6 is 0 Å². The molecule has 0 aromatic carbocycles. The molecule has 128 valence electrons. The van der Waals surface area contributed by atoms with Crippen molar-refractivity contribution in [2.24, 2.45) is 0 Å². The number of ether oxygens (including phenoxy) is 1. The summed E-state index contributed by atoms with van der Waals surface area (Å²) in [6.45, 7) is 0.781. The fourth-order valence-electron chi connectivity index (χ4n) is 1.91. The van der Waals surface area contributed by atoms with Crippen LogP contribution in [0.2, 0.25) is 0 Å². The molecule has 10 heteroatoms. The van der Waals surface area contributed by atoms with Gasteiger partial charge < -0.3 is 15.4 Å². The number of carbonyl (C=O) groups excluding carboxylic acids is 1. The Morgan fingerprint density at radius 3 is 2.76 bits per heavy atom. The zero-order chi connectivity index (χ0) is 17.3. The molecule has 2 N–H and O–H groups in total. The van der Waals surface area contributed by atoms with Crippen LogP contribution in [-0.2, 0) is 4.79 Å². The Morgan fingerprint density at radius 1 is 1.08 bits per heavy atom. The average molecular weight is 340 g/mol. The van der Waals surface area contributed by atoms with Crippen LogP contribution in [-0.4, -0.2) is 55.3 Å². The third kappa shape index (κ3) is 4.96. The van der Waals surface area contributed by atoms with Gasteiger partial charge in [0.15, 0.2) is 12.4 Å². The first-order valence-electron chi connectivity index (χ1n) is 7.54. The molecule has 0 aliphatic heterocycles. The van der Waals surface area contributed by atoms with Gasteiger partial charge in [0.1, 0.15) is 12.1 Å². The van der Waals surface area contributed by atoms with Gasteiger partial charge in [-0.25, -0.2) is 24.6 Å². The number of hydrogen-bond acceptors (Lipinski definition) is 8. The molecule has 10 nitrogen and oxygen atoms in total. The van der Waals surface area contributed by atoms with E-state index in [1.54, 1.807) is 41.6 Å². The third-order valence-corrected chi connectivity index (χ3v) is 3.02. The summed E-state index contributed by atoms with van der Waals surface area (Å²) in [5.41, 5.74) is 0. The van der Waals surface area contributed by atoms with Crippen molar-refractivity contribution < 1.29 is 9.53 Å². The monoisotopic (exact) mass is 340 g/mol. The number of carbonyl (C=O) groups is 1. The standard InChI is InChI=1S/C15H16N8O2/c24-14(10-25-15-18-3-1-4-19-15)17-7-6-16-12-9-13(21-11-20-12)23-8-2-5-22-23/h1-5,8-9,11H,6-7,10H2,(H,17,24)(H,16,20,21). The van der Waals surface area contributed by atoms with Crippen LogP contribution in [0.3, 0.4) is 0 Å². The predicted octanol–water partition coefficient (Wildman–Crippen LogP) is 0.0594. The molecule has 1 amide bonds. The van der Waals surface area contributed by atoms with Gasteiger partial charge in [-0.3, -0.25) is 4.79 Å². The Hall–Kier alpha value is -3.56. The van der Waals surface area contributed by atoms with Crippen LogP contribution in [0.4, 0.5) is 5.82 Å². The lowest BCUT2D eigenvalue weighted by Crippen LogP contribution is -2.33. The number of aromatic nitrogens is 6. The topological polar surface area (TPSA) is 120 Å². The molecule has 0 bridgehead atoms. The molecule has 0 fully saturated rings. The van der Waals surface area contributed by atoms with Crippen LogP contribution in [0.25, 0.3) is 5.82 Å². The normalized spacial score (nSPS) is 10.2. The molecule has 0 spiro atoms. The lowest BCUT2D eigenvalue weighted by Gasteiger charge is -2.08. The van der Waals surface area contributed by atoms with E-state index in [4.69, 9.17) is 4.74 Å². The number of amides is 1. The smallest absolute Gasteiger partial charge is 0.316 e. The Bertz CT molecular complexity index is 794. The highest BCUT2D eigenvalue weighted by Crippen LogP contribution is 2.07. The zero-order valence-corrected chi connectivity index (χ0v) is 13.2. The molecule has 3 aromatic heterocycles. The first-order chi connectivity index (χ1) is 12.3. The maximum atomic E-state index is 11.7. The van der Waals surface area contributed by atoms with E-state index in [2.05, 4.69) is 35.7 Å². The molecule has 0 aliphatic rings. The second kappa shape index (κ2) is 8.34. The van der Waals surface area contributed by atoms with E-state index in [0.717, 1.165) is 0 Å². The van der Waals surface area contributed by atoms with Gasteiger partial charge >= 0.3 is 6.01 Å². The summed E-state index contributed by atoms with van der Waals surface area (Å²) in [4.78, 5) is 27.7. The third-order valence-electron chi connectivity index (χ3n) is 3.02. The highest BCUT2D eigenvalue weighted by Gasteiger charge is 2.04. The van der Waals surface area contributed by atoms with E-state index in [9.17, 15) is 4.79 Å². The van der Waals surface area contributed by atoms with Gasteiger partial charge in [0, 0.05) is 43.9 Å². The van der Waals surface area contributed by atoms with Gasteiger partial charge in [-0.15, -0.1) is 0 Å². The van der Waals surface area contributed by atoms with Crippen LogP contribution in [0.15, 0.2) is 49.3 Å². The molecular weight excluding hydrogens is 324 g/mol. The quantitative estimate of drug-likeness (QED) is 0.552. The Kier molecular flexibility index (Phi) is 5.44. The molecule has 25 heavy (non-hydrogen) atoms. The summed E-state index contributed by atoms with van der Waals surface area (Å²) in [5, 5.41) is 9.94. The summed E-state index contributed by atoms with van der Waals surface area (Å²) in [6, 6.07) is 5.42. The fourth-order valence-corrected chi connectivity index (χ4v) is 1.91. The molecule has 3 rings (SSSR count). The lowest BCUT2D eigenvalue weighted by atomic mass is 10.5. The van der Waals surface area contributed by atoms with Crippen LogP contribution in [0.5, 0.6) is 6.01 Å². The van der Waals surface area contributed by atoms with E-state index in [-0.39, 0.29) is 18.5 Å². The van der Waals surface area contributed by atoms with Crippen molar-refractivity contribution in [2.45, 2.75) is 0 Å². The van der Waals surface area contributed by atoms with E-state index in [1.165, 1.54) is 6.33 Å². The van der Waals surface area contributed by atoms with Crippen LogP contribution in [0.1, 0.15) is 0 Å². The first-order valence-corrected chi connectivity index (χ1v) is 7.54. The van der Waals surface area contributed by atoms with Crippen molar-refractivity contribution in [1.29, 1.82) is 0 Å². The van der Waals surface area contributed by atoms with Crippen molar-refractivity contribution in [1.82, 2.24) is 35.0 Å². The van der Waals surface area contributed by atoms with Crippen molar-refractivity contribution in [3.63, 3.8) is 0 Å². The molecule has 0 radical (unpaired) electrons. The van der Waals surface area contributed by atoms with Crippen LogP contribution in [0, 0.1) is 0 Å². The molecular formula is C15H16N8O2. The van der Waals surface area contributed by atoms with Gasteiger partial charge in [0.25, 0.3) is 5.91 Å². The maximum Gasteiger partial charge on any atom is 0.316 e. The minimum Gasteiger partial charge on any atom is -0.453 e. The minimum atomic E-state index is -0.255. The minimum absolute atomic E-state index is 0.138. The maximum absolute atomic E-state index is 11.7. The lowest BCUT2D eigenvalue weighted by molar-refractivity contribution is -0.123. The number of rotatable bonds is 8. The van der Waals surface area contributed by atoms with E-state index >= 15 is 0 Å². The number of nitrogens with one attached hydrogen (secondary N) is 2. The molecule has 0 atom stereocenters. The zero-order valence-electron chi connectivity index (χ0n) is 13.2. The summed E-state index contributed by atoms with van der Waals surface area (Å²) in [6.07, 6.45) is 8.01. The Balaban J connectivity index is 1.38. The van der Waals surface area contributed by atoms with E-state index in [1.807, 2.05) is 6.07 Å². The highest BCUT2D eigenvalue weighted by molar-refractivity contribution is 5.77. The Morgan fingerprint density at radius 2 is 1.96 bits per heavy atom. The number of hydrogen-bond donors (Lipinski definition) is 2. The van der Waals surface area contributed by atoms with Crippen molar-refractivity contribution in [2.75, 3.05) is 25.0 Å². The van der Waals surface area contributed by atoms with Gasteiger partial charge in [-0.1, -0.05) is 0 Å². The molecule has 0 unspecified atom stereocenters. The first kappa shape index (κ1) is 16.3. The largest absolute Gasteiger partial charge is 0.453 e. The highest BCUT2D eigenvalue weighted by atomic mass is 16.5. The van der Waals surface area contributed by atoms with Crippen molar-refractivity contribution in [3.05, 3.63) is 49.3 Å².